The normalized spacial score (nSPS) is 18.6. The lowest BCUT2D eigenvalue weighted by atomic mass is 9.78. The molecule has 24 heavy (non-hydrogen) atoms. The summed E-state index contributed by atoms with van der Waals surface area (Å²) in [5.74, 6) is 0.872. The van der Waals surface area contributed by atoms with E-state index in [2.05, 4.69) is 62.4 Å². The van der Waals surface area contributed by atoms with E-state index in [0.717, 1.165) is 16.8 Å². The summed E-state index contributed by atoms with van der Waals surface area (Å²) in [5.41, 5.74) is 1.47. The number of benzene rings is 2. The van der Waals surface area contributed by atoms with Crippen LogP contribution < -0.4 is 10.2 Å². The van der Waals surface area contributed by atoms with Gasteiger partial charge in [0.25, 0.3) is 0 Å². The summed E-state index contributed by atoms with van der Waals surface area (Å²) >= 11 is 2.28. The summed E-state index contributed by atoms with van der Waals surface area (Å²) in [6, 6.07) is 16.3. The van der Waals surface area contributed by atoms with Gasteiger partial charge >= 0.3 is 7.12 Å². The lowest BCUT2D eigenvalue weighted by Crippen LogP contribution is -2.41. The molecule has 1 aliphatic heterocycles. The summed E-state index contributed by atoms with van der Waals surface area (Å²) in [6.45, 7) is 8.79. The predicted molar refractivity (Wildman–Crippen MR) is 106 cm³/mol. The molecule has 2 aromatic carbocycles. The van der Waals surface area contributed by atoms with Crippen LogP contribution in [0, 0.1) is 3.57 Å². The monoisotopic (exact) mass is 436 g/mol. The zero-order chi connectivity index (χ0) is 17.4. The van der Waals surface area contributed by atoms with Crippen molar-refractivity contribution in [3.8, 4) is 5.75 Å². The van der Waals surface area contributed by atoms with E-state index in [1.54, 1.807) is 0 Å². The minimum Gasteiger partial charge on any atom is -0.489 e. The fourth-order valence-corrected chi connectivity index (χ4v) is 2.87. The van der Waals surface area contributed by atoms with Crippen LogP contribution in [0.25, 0.3) is 0 Å². The zero-order valence-corrected chi connectivity index (χ0v) is 16.7. The van der Waals surface area contributed by atoms with E-state index >= 15 is 0 Å². The maximum Gasteiger partial charge on any atom is 0.494 e. The van der Waals surface area contributed by atoms with Gasteiger partial charge in [-0.3, -0.25) is 0 Å². The molecule has 1 saturated heterocycles. The Morgan fingerprint density at radius 3 is 2.21 bits per heavy atom. The molecule has 0 aliphatic carbocycles. The van der Waals surface area contributed by atoms with Gasteiger partial charge in [0.15, 0.2) is 0 Å². The van der Waals surface area contributed by atoms with E-state index < -0.39 is 0 Å². The second-order valence-corrected chi connectivity index (χ2v) is 8.32. The Balaban J connectivity index is 1.70. The minimum absolute atomic E-state index is 0.328. The highest BCUT2D eigenvalue weighted by atomic mass is 127. The summed E-state index contributed by atoms with van der Waals surface area (Å²) in [4.78, 5) is 0. The second-order valence-electron chi connectivity index (χ2n) is 7.08. The van der Waals surface area contributed by atoms with Gasteiger partial charge in [0.1, 0.15) is 12.4 Å². The average Bonchev–Trinajstić information content (AvgIpc) is 2.75. The van der Waals surface area contributed by atoms with Crippen LogP contribution in [0.2, 0.25) is 0 Å². The molecule has 0 spiro atoms. The molecule has 0 aromatic heterocycles. The van der Waals surface area contributed by atoms with Gasteiger partial charge in [0.05, 0.1) is 11.2 Å². The molecule has 1 heterocycles. The van der Waals surface area contributed by atoms with Crippen molar-refractivity contribution in [2.75, 3.05) is 0 Å². The fourth-order valence-electron chi connectivity index (χ4n) is 2.51. The van der Waals surface area contributed by atoms with Gasteiger partial charge in [0, 0.05) is 3.57 Å². The van der Waals surface area contributed by atoms with Gasteiger partial charge in [-0.15, -0.1) is 0 Å². The Bertz CT molecular complexity index is 697. The van der Waals surface area contributed by atoms with E-state index in [1.807, 2.05) is 36.4 Å². The highest BCUT2D eigenvalue weighted by Crippen LogP contribution is 2.36. The van der Waals surface area contributed by atoms with Crippen molar-refractivity contribution < 1.29 is 14.0 Å². The van der Waals surface area contributed by atoms with Gasteiger partial charge in [0.2, 0.25) is 0 Å². The van der Waals surface area contributed by atoms with Crippen LogP contribution >= 0.6 is 22.6 Å². The molecule has 3 nitrogen and oxygen atoms in total. The van der Waals surface area contributed by atoms with Crippen LogP contribution in [0.4, 0.5) is 0 Å². The van der Waals surface area contributed by atoms with Crippen LogP contribution in [-0.4, -0.2) is 18.3 Å². The average molecular weight is 436 g/mol. The molecule has 126 valence electrons. The predicted octanol–water partition coefficient (Wildman–Crippen LogP) is 4.17. The summed E-state index contributed by atoms with van der Waals surface area (Å²) in [5, 5.41) is 0. The fraction of sp³-hybridized carbons (Fsp3) is 0.368. The molecule has 0 unspecified atom stereocenters. The Kier molecular flexibility index (Phi) is 4.95. The molecule has 5 heteroatoms. The first-order valence-electron chi connectivity index (χ1n) is 8.10. The Labute approximate surface area is 158 Å². The van der Waals surface area contributed by atoms with E-state index in [9.17, 15) is 0 Å². The molecule has 2 aromatic rings. The van der Waals surface area contributed by atoms with Gasteiger partial charge in [-0.25, -0.2) is 0 Å². The SMILES string of the molecule is CC1(C)OB(c2cccc(COc3ccc(I)cc3)c2)OC1(C)C. The second kappa shape index (κ2) is 6.69. The Hall–Kier alpha value is -1.05. The van der Waals surface area contributed by atoms with E-state index in [0.29, 0.717) is 6.61 Å². The molecule has 0 amide bonds. The highest BCUT2D eigenvalue weighted by molar-refractivity contribution is 14.1. The molecular formula is C19H22BIO3. The zero-order valence-electron chi connectivity index (χ0n) is 14.5. The van der Waals surface area contributed by atoms with Gasteiger partial charge in [-0.1, -0.05) is 24.3 Å². The third-order valence-electron chi connectivity index (χ3n) is 4.70. The molecule has 0 atom stereocenters. The van der Waals surface area contributed by atoms with E-state index in [1.165, 1.54) is 3.57 Å². The van der Waals surface area contributed by atoms with Crippen LogP contribution in [0.1, 0.15) is 33.3 Å². The molecule has 0 N–H and O–H groups in total. The largest absolute Gasteiger partial charge is 0.494 e. The molecule has 1 aliphatic rings. The minimum atomic E-state index is -0.340. The standard InChI is InChI=1S/C19H22BIO3/c1-18(2)19(3,4)24-20(23-18)15-7-5-6-14(12-15)13-22-17-10-8-16(21)9-11-17/h5-12H,13H2,1-4H3. The van der Waals surface area contributed by atoms with E-state index in [-0.39, 0.29) is 18.3 Å². The maximum absolute atomic E-state index is 6.12. The number of ether oxygens (including phenoxy) is 1. The third-order valence-corrected chi connectivity index (χ3v) is 5.41. The Morgan fingerprint density at radius 2 is 1.58 bits per heavy atom. The summed E-state index contributed by atoms with van der Waals surface area (Å²) in [7, 11) is -0.340. The van der Waals surface area contributed by atoms with Crippen molar-refractivity contribution in [3.63, 3.8) is 0 Å². The van der Waals surface area contributed by atoms with Crippen LogP contribution in [0.3, 0.4) is 0 Å². The van der Waals surface area contributed by atoms with Crippen LogP contribution in [-0.2, 0) is 15.9 Å². The summed E-state index contributed by atoms with van der Waals surface area (Å²) < 4.78 is 19.3. The number of rotatable bonds is 4. The van der Waals surface area contributed by atoms with Crippen molar-refractivity contribution in [1.82, 2.24) is 0 Å². The smallest absolute Gasteiger partial charge is 0.489 e. The topological polar surface area (TPSA) is 27.7 Å². The quantitative estimate of drug-likeness (QED) is 0.532. The maximum atomic E-state index is 6.12. The van der Waals surface area contributed by atoms with Gasteiger partial charge < -0.3 is 14.0 Å². The molecule has 0 bridgehead atoms. The highest BCUT2D eigenvalue weighted by Gasteiger charge is 2.51. The van der Waals surface area contributed by atoms with Gasteiger partial charge in [-0.2, -0.15) is 0 Å². The molecule has 3 rings (SSSR count). The Morgan fingerprint density at radius 1 is 0.958 bits per heavy atom. The number of hydrogen-bond donors (Lipinski definition) is 0. The van der Waals surface area contributed by atoms with Crippen LogP contribution in [0.5, 0.6) is 5.75 Å². The van der Waals surface area contributed by atoms with Crippen molar-refractivity contribution in [1.29, 1.82) is 0 Å². The third kappa shape index (κ3) is 3.78. The van der Waals surface area contributed by atoms with E-state index in [4.69, 9.17) is 14.0 Å². The lowest BCUT2D eigenvalue weighted by molar-refractivity contribution is 0.00578. The van der Waals surface area contributed by atoms with Gasteiger partial charge in [-0.05, 0) is 85.6 Å². The molecule has 1 fully saturated rings. The number of hydrogen-bond acceptors (Lipinski definition) is 3. The molecular weight excluding hydrogens is 414 g/mol. The van der Waals surface area contributed by atoms with Crippen molar-refractivity contribution in [3.05, 3.63) is 57.7 Å². The first kappa shape index (κ1) is 17.8. The van der Waals surface area contributed by atoms with Crippen molar-refractivity contribution in [2.24, 2.45) is 0 Å². The van der Waals surface area contributed by atoms with Crippen molar-refractivity contribution >= 4 is 35.2 Å². The first-order chi connectivity index (χ1) is 11.3. The van der Waals surface area contributed by atoms with Crippen LogP contribution in [0.15, 0.2) is 48.5 Å². The molecule has 0 saturated carbocycles. The summed E-state index contributed by atoms with van der Waals surface area (Å²) in [6.07, 6.45) is 0. The molecule has 0 radical (unpaired) electrons. The first-order valence-corrected chi connectivity index (χ1v) is 9.18. The number of halogens is 1. The van der Waals surface area contributed by atoms with Crippen molar-refractivity contribution in [2.45, 2.75) is 45.5 Å². The lowest BCUT2D eigenvalue weighted by Gasteiger charge is -2.32.